The Labute approximate surface area is 199 Å². The Hall–Kier alpha value is -2.94. The molecule has 1 aromatic carbocycles. The molecule has 4 rings (SSSR count). The number of nitrogens with two attached hydrogens (primary N) is 2. The van der Waals surface area contributed by atoms with E-state index in [1.165, 1.54) is 22.9 Å². The van der Waals surface area contributed by atoms with Crippen molar-refractivity contribution in [2.45, 2.75) is 52.7 Å². The number of hydrogen-bond acceptors (Lipinski definition) is 6. The first kappa shape index (κ1) is 24.2. The van der Waals surface area contributed by atoms with Crippen LogP contribution in [0.15, 0.2) is 35.3 Å². The van der Waals surface area contributed by atoms with E-state index in [1.807, 2.05) is 0 Å². The first-order valence-corrected chi connectivity index (χ1v) is 11.8. The molecule has 1 saturated carbocycles. The fourth-order valence-corrected chi connectivity index (χ4v) is 5.56. The van der Waals surface area contributed by atoms with Gasteiger partial charge in [-0.15, -0.1) is 0 Å². The summed E-state index contributed by atoms with van der Waals surface area (Å²) >= 11 is 0. The van der Waals surface area contributed by atoms with Gasteiger partial charge >= 0.3 is 11.8 Å². The number of benzene rings is 1. The zero-order chi connectivity index (χ0) is 24.8. The van der Waals surface area contributed by atoms with Gasteiger partial charge in [-0.05, 0) is 53.9 Å². The summed E-state index contributed by atoms with van der Waals surface area (Å²) in [5.74, 6) is 1.04. The van der Waals surface area contributed by atoms with Crippen molar-refractivity contribution in [1.82, 2.24) is 14.5 Å². The number of nitrogen functional groups attached to an aromatic ring is 1. The number of fused-ring (bicyclic) bond motifs is 1. The molecule has 184 valence electrons. The second-order valence-corrected chi connectivity index (χ2v) is 10.6. The van der Waals surface area contributed by atoms with Gasteiger partial charge in [0.15, 0.2) is 0 Å². The van der Waals surface area contributed by atoms with Crippen molar-refractivity contribution in [2.75, 3.05) is 18.8 Å². The molecule has 2 heterocycles. The van der Waals surface area contributed by atoms with Crippen LogP contribution in [0.25, 0.3) is 5.69 Å². The van der Waals surface area contributed by atoms with Crippen molar-refractivity contribution in [3.8, 4) is 5.69 Å². The molecule has 0 spiro atoms. The van der Waals surface area contributed by atoms with Gasteiger partial charge in [0.2, 0.25) is 0 Å². The second kappa shape index (κ2) is 9.02. The number of carbonyl (C=O) groups excluding carboxylic acids is 1. The number of anilines is 1. The van der Waals surface area contributed by atoms with E-state index in [-0.39, 0.29) is 29.2 Å². The molecule has 2 aliphatic rings. The van der Waals surface area contributed by atoms with E-state index in [2.05, 4.69) is 37.6 Å². The predicted octanol–water partition coefficient (Wildman–Crippen LogP) is 2.96. The zero-order valence-electron chi connectivity index (χ0n) is 20.2. The Morgan fingerprint density at radius 2 is 1.94 bits per heavy atom. The molecule has 1 amide bonds. The van der Waals surface area contributed by atoms with Gasteiger partial charge in [0.25, 0.3) is 0 Å². The molecule has 4 atom stereocenters. The fourth-order valence-electron chi connectivity index (χ4n) is 5.56. The van der Waals surface area contributed by atoms with Crippen LogP contribution in [0.5, 0.6) is 0 Å². The van der Waals surface area contributed by atoms with Gasteiger partial charge in [-0.25, -0.2) is 14.0 Å². The highest BCUT2D eigenvalue weighted by atomic mass is 19.1. The summed E-state index contributed by atoms with van der Waals surface area (Å²) in [7, 11) is 0. The van der Waals surface area contributed by atoms with Crippen molar-refractivity contribution >= 4 is 11.9 Å². The summed E-state index contributed by atoms with van der Waals surface area (Å²) in [6.07, 6.45) is 2.06. The lowest BCUT2D eigenvalue weighted by atomic mass is 9.84. The molecule has 1 aliphatic carbocycles. The van der Waals surface area contributed by atoms with Crippen LogP contribution in [0.2, 0.25) is 0 Å². The SMILES string of the molecule is CCC(Cc1ccc(-n2ccc(N)nc2=O)cc1F)N1CC2C(C1)C2C(OC(N)=O)C(C)(C)C. The van der Waals surface area contributed by atoms with Crippen LogP contribution in [0.1, 0.15) is 39.7 Å². The molecule has 9 heteroatoms. The third-order valence-electron chi connectivity index (χ3n) is 7.32. The molecule has 2 aromatic rings. The van der Waals surface area contributed by atoms with E-state index < -0.39 is 11.8 Å². The second-order valence-electron chi connectivity index (χ2n) is 10.6. The van der Waals surface area contributed by atoms with E-state index >= 15 is 0 Å². The number of rotatable bonds is 7. The summed E-state index contributed by atoms with van der Waals surface area (Å²) in [5.41, 5.74) is 11.2. The Morgan fingerprint density at radius 1 is 1.26 bits per heavy atom. The van der Waals surface area contributed by atoms with Gasteiger partial charge < -0.3 is 16.2 Å². The first-order chi connectivity index (χ1) is 16.0. The maximum atomic E-state index is 15.0. The van der Waals surface area contributed by atoms with Crippen molar-refractivity contribution in [1.29, 1.82) is 0 Å². The molecule has 0 bridgehead atoms. The molecule has 1 aromatic heterocycles. The van der Waals surface area contributed by atoms with Crippen molar-refractivity contribution < 1.29 is 13.9 Å². The highest BCUT2D eigenvalue weighted by molar-refractivity contribution is 5.65. The van der Waals surface area contributed by atoms with Gasteiger partial charge in [-0.3, -0.25) is 9.47 Å². The number of amides is 1. The van der Waals surface area contributed by atoms with E-state index in [1.54, 1.807) is 12.1 Å². The van der Waals surface area contributed by atoms with Crippen LogP contribution in [0.4, 0.5) is 15.0 Å². The highest BCUT2D eigenvalue weighted by Crippen LogP contribution is 2.57. The third-order valence-corrected chi connectivity index (χ3v) is 7.32. The van der Waals surface area contributed by atoms with Crippen LogP contribution in [-0.2, 0) is 11.2 Å². The monoisotopic (exact) mass is 471 g/mol. The van der Waals surface area contributed by atoms with Crippen LogP contribution in [-0.4, -0.2) is 45.8 Å². The molecule has 4 N–H and O–H groups in total. The minimum Gasteiger partial charge on any atom is -0.446 e. The summed E-state index contributed by atoms with van der Waals surface area (Å²) < 4.78 is 21.8. The van der Waals surface area contributed by atoms with Crippen LogP contribution >= 0.6 is 0 Å². The van der Waals surface area contributed by atoms with Gasteiger partial charge in [-0.1, -0.05) is 33.8 Å². The van der Waals surface area contributed by atoms with Crippen molar-refractivity contribution in [3.63, 3.8) is 0 Å². The van der Waals surface area contributed by atoms with Gasteiger partial charge in [0.05, 0.1) is 5.69 Å². The molecular weight excluding hydrogens is 437 g/mol. The lowest BCUT2D eigenvalue weighted by Gasteiger charge is -2.34. The Bertz CT molecular complexity index is 1120. The summed E-state index contributed by atoms with van der Waals surface area (Å²) in [6, 6.07) is 6.56. The van der Waals surface area contributed by atoms with Crippen LogP contribution in [0.3, 0.4) is 0 Å². The smallest absolute Gasteiger partial charge is 0.404 e. The maximum Gasteiger partial charge on any atom is 0.404 e. The minimum absolute atomic E-state index is 0.130. The molecule has 1 saturated heterocycles. The van der Waals surface area contributed by atoms with Crippen LogP contribution in [0, 0.1) is 29.0 Å². The maximum absolute atomic E-state index is 15.0. The number of ether oxygens (including phenoxy) is 1. The number of carbonyl (C=O) groups is 1. The first-order valence-electron chi connectivity index (χ1n) is 11.8. The summed E-state index contributed by atoms with van der Waals surface area (Å²) in [6.45, 7) is 10.2. The highest BCUT2D eigenvalue weighted by Gasteiger charge is 2.62. The summed E-state index contributed by atoms with van der Waals surface area (Å²) in [5, 5.41) is 0. The molecule has 34 heavy (non-hydrogen) atoms. The topological polar surface area (TPSA) is 116 Å². The average Bonchev–Trinajstić information content (AvgIpc) is 3.21. The summed E-state index contributed by atoms with van der Waals surface area (Å²) in [4.78, 5) is 29.6. The Balaban J connectivity index is 1.42. The Kier molecular flexibility index (Phi) is 6.42. The van der Waals surface area contributed by atoms with E-state index in [9.17, 15) is 14.0 Å². The van der Waals surface area contributed by atoms with Gasteiger partial charge in [0, 0.05) is 31.2 Å². The van der Waals surface area contributed by atoms with Crippen LogP contribution < -0.4 is 17.2 Å². The quantitative estimate of drug-likeness (QED) is 0.641. The average molecular weight is 472 g/mol. The van der Waals surface area contributed by atoms with E-state index in [0.29, 0.717) is 35.4 Å². The minimum atomic E-state index is -0.718. The lowest BCUT2D eigenvalue weighted by Crippen LogP contribution is -2.41. The van der Waals surface area contributed by atoms with Crippen molar-refractivity contribution in [2.24, 2.45) is 28.9 Å². The zero-order valence-corrected chi connectivity index (χ0v) is 20.2. The molecule has 8 nitrogen and oxygen atoms in total. The van der Waals surface area contributed by atoms with E-state index in [4.69, 9.17) is 16.2 Å². The van der Waals surface area contributed by atoms with Crippen molar-refractivity contribution in [3.05, 3.63) is 52.3 Å². The number of nitrogens with zero attached hydrogens (tertiary/aromatic N) is 3. The normalized spacial score (nSPS) is 23.9. The lowest BCUT2D eigenvalue weighted by molar-refractivity contribution is 0.00848. The molecule has 4 unspecified atom stereocenters. The third kappa shape index (κ3) is 4.80. The number of halogens is 1. The molecule has 0 radical (unpaired) electrons. The number of hydrogen-bond donors (Lipinski definition) is 2. The number of piperidine rings is 1. The Morgan fingerprint density at radius 3 is 2.47 bits per heavy atom. The van der Waals surface area contributed by atoms with Gasteiger partial charge in [0.1, 0.15) is 17.7 Å². The molecular formula is C25H34FN5O3. The predicted molar refractivity (Wildman–Crippen MR) is 128 cm³/mol. The fraction of sp³-hybridized carbons (Fsp3) is 0.560. The molecule has 1 aliphatic heterocycles. The van der Waals surface area contributed by atoms with E-state index in [0.717, 1.165) is 19.5 Å². The standard InChI is InChI=1S/C25H34FN5O3/c1-5-15(30-12-17-18(13-30)21(17)22(25(2,3)4)34-23(28)32)10-14-6-7-16(11-19(14)26)31-9-8-20(27)29-24(31)33/h6-9,11,15,17-18,21-22H,5,10,12-13H2,1-4H3,(H2,28,32)(H2,27,29,33). The molecule has 2 fully saturated rings. The number of primary amides is 1. The largest absolute Gasteiger partial charge is 0.446 e. The van der Waals surface area contributed by atoms with Gasteiger partial charge in [-0.2, -0.15) is 4.98 Å². The number of aromatic nitrogens is 2. The number of likely N-dealkylation sites (tertiary alicyclic amines) is 1.